The minimum absolute atomic E-state index is 0.304. The van der Waals surface area contributed by atoms with E-state index in [1.807, 2.05) is 0 Å². The van der Waals surface area contributed by atoms with E-state index in [0.717, 1.165) is 36.9 Å². The molecule has 0 amide bonds. The van der Waals surface area contributed by atoms with E-state index in [1.165, 1.54) is 12.8 Å². The van der Waals surface area contributed by atoms with Crippen LogP contribution in [0.5, 0.6) is 0 Å². The van der Waals surface area contributed by atoms with E-state index >= 15 is 0 Å². The van der Waals surface area contributed by atoms with E-state index < -0.39 is 5.79 Å². The van der Waals surface area contributed by atoms with Crippen molar-refractivity contribution in [2.75, 3.05) is 13.2 Å². The highest BCUT2D eigenvalue weighted by Gasteiger charge is 2.60. The SMILES string of the molecule is Br[C@@H]1CC2C3C=CC2C3C[C@@H](Br)C12OCCO2. The second kappa shape index (κ2) is 3.81. The normalized spacial score (nSPS) is 54.5. The fourth-order valence-electron chi connectivity index (χ4n) is 4.27. The molecule has 1 spiro atoms. The minimum Gasteiger partial charge on any atom is -0.345 e. The quantitative estimate of drug-likeness (QED) is 0.486. The molecule has 0 radical (unpaired) electrons. The second-order valence-electron chi connectivity index (χ2n) is 5.69. The maximum Gasteiger partial charge on any atom is 0.193 e. The van der Waals surface area contributed by atoms with E-state index in [1.54, 1.807) is 0 Å². The summed E-state index contributed by atoms with van der Waals surface area (Å²) >= 11 is 7.67. The van der Waals surface area contributed by atoms with Gasteiger partial charge in [-0.3, -0.25) is 0 Å². The predicted molar refractivity (Wildman–Crippen MR) is 72.4 cm³/mol. The Morgan fingerprint density at radius 3 is 1.82 bits per heavy atom. The molecule has 2 atom stereocenters. The molecule has 0 N–H and O–H groups in total. The Bertz CT molecular complexity index is 328. The van der Waals surface area contributed by atoms with Crippen molar-refractivity contribution >= 4 is 31.9 Å². The van der Waals surface area contributed by atoms with Crippen LogP contribution in [0.2, 0.25) is 0 Å². The zero-order chi connectivity index (χ0) is 11.6. The van der Waals surface area contributed by atoms with Gasteiger partial charge in [0.05, 0.1) is 22.9 Å². The van der Waals surface area contributed by atoms with E-state index in [4.69, 9.17) is 9.47 Å². The number of hydrogen-bond donors (Lipinski definition) is 0. The topological polar surface area (TPSA) is 18.5 Å². The lowest BCUT2D eigenvalue weighted by molar-refractivity contribution is -0.175. The summed E-state index contributed by atoms with van der Waals surface area (Å²) in [5.41, 5.74) is 0. The van der Waals surface area contributed by atoms with Crippen molar-refractivity contribution in [3.63, 3.8) is 0 Å². The van der Waals surface area contributed by atoms with Gasteiger partial charge in [-0.05, 0) is 36.5 Å². The van der Waals surface area contributed by atoms with Crippen molar-refractivity contribution in [1.82, 2.24) is 0 Å². The molecule has 4 heteroatoms. The molecule has 0 aromatic carbocycles. The van der Waals surface area contributed by atoms with Gasteiger partial charge in [0, 0.05) is 0 Å². The average molecular weight is 364 g/mol. The monoisotopic (exact) mass is 362 g/mol. The zero-order valence-electron chi connectivity index (χ0n) is 9.52. The molecular formula is C13H16Br2O2. The van der Waals surface area contributed by atoms with Crippen LogP contribution in [-0.2, 0) is 9.47 Å². The average Bonchev–Trinajstić information content (AvgIpc) is 3.01. The van der Waals surface area contributed by atoms with Gasteiger partial charge in [-0.1, -0.05) is 44.0 Å². The molecule has 6 rings (SSSR count). The maximum absolute atomic E-state index is 5.96. The molecule has 0 unspecified atom stereocenters. The summed E-state index contributed by atoms with van der Waals surface area (Å²) < 4.78 is 11.9. The molecule has 17 heavy (non-hydrogen) atoms. The number of hydrogen-bond acceptors (Lipinski definition) is 2. The van der Waals surface area contributed by atoms with Gasteiger partial charge in [-0.15, -0.1) is 0 Å². The van der Waals surface area contributed by atoms with Gasteiger partial charge in [-0.2, -0.15) is 0 Å². The van der Waals surface area contributed by atoms with Crippen LogP contribution in [0, 0.1) is 23.7 Å². The summed E-state index contributed by atoms with van der Waals surface area (Å²) in [7, 11) is 0. The van der Waals surface area contributed by atoms with Gasteiger partial charge in [0.15, 0.2) is 5.79 Å². The Morgan fingerprint density at radius 2 is 1.35 bits per heavy atom. The maximum atomic E-state index is 5.96. The van der Waals surface area contributed by atoms with Gasteiger partial charge in [0.1, 0.15) is 0 Å². The first-order valence-electron chi connectivity index (χ1n) is 6.47. The van der Waals surface area contributed by atoms with Gasteiger partial charge in [0.25, 0.3) is 0 Å². The van der Waals surface area contributed by atoms with Gasteiger partial charge in [-0.25, -0.2) is 0 Å². The number of rotatable bonds is 0. The Balaban J connectivity index is 1.64. The van der Waals surface area contributed by atoms with Gasteiger partial charge >= 0.3 is 0 Å². The molecule has 4 fully saturated rings. The Labute approximate surface area is 118 Å². The van der Waals surface area contributed by atoms with Crippen molar-refractivity contribution in [3.8, 4) is 0 Å². The van der Waals surface area contributed by atoms with Crippen molar-refractivity contribution in [2.24, 2.45) is 23.7 Å². The lowest BCUT2D eigenvalue weighted by Gasteiger charge is -2.52. The van der Waals surface area contributed by atoms with Crippen LogP contribution < -0.4 is 0 Å². The number of alkyl halides is 2. The van der Waals surface area contributed by atoms with E-state index in [0.29, 0.717) is 9.65 Å². The van der Waals surface area contributed by atoms with Crippen LogP contribution in [-0.4, -0.2) is 28.7 Å². The fourth-order valence-corrected chi connectivity index (χ4v) is 6.65. The van der Waals surface area contributed by atoms with Crippen molar-refractivity contribution < 1.29 is 9.47 Å². The third-order valence-corrected chi connectivity index (χ3v) is 7.13. The molecule has 2 nitrogen and oxygen atoms in total. The van der Waals surface area contributed by atoms with Crippen molar-refractivity contribution in [1.29, 1.82) is 0 Å². The lowest BCUT2D eigenvalue weighted by atomic mass is 9.57. The summed E-state index contributed by atoms with van der Waals surface area (Å²) in [5, 5.41) is 0. The molecular weight excluding hydrogens is 348 g/mol. The summed E-state index contributed by atoms with van der Waals surface area (Å²) in [6.45, 7) is 1.45. The van der Waals surface area contributed by atoms with Crippen LogP contribution >= 0.6 is 31.9 Å². The van der Waals surface area contributed by atoms with Crippen LogP contribution in [0.25, 0.3) is 0 Å². The standard InChI is InChI=1S/C13H16Br2O2/c14-11-5-9-7-1-2-8(9)10(7)6-12(15)13(11)16-3-4-17-13/h1-2,7-12H,3-6H2/t7?,8?,9?,10?,11-,12-/m1/s1. The third-order valence-electron chi connectivity index (χ3n) is 5.10. The first kappa shape index (κ1) is 11.4. The second-order valence-corrected chi connectivity index (χ2v) is 7.90. The Hall–Kier alpha value is 0.620. The van der Waals surface area contributed by atoms with E-state index in [9.17, 15) is 0 Å². The predicted octanol–water partition coefficient (Wildman–Crippen LogP) is 3.10. The first-order chi connectivity index (χ1) is 8.22. The molecule has 6 aliphatic rings. The molecule has 1 heterocycles. The first-order valence-corrected chi connectivity index (χ1v) is 8.30. The molecule has 4 bridgehead atoms. The third kappa shape index (κ3) is 1.39. The summed E-state index contributed by atoms with van der Waals surface area (Å²) in [4.78, 5) is 0.607. The molecule has 94 valence electrons. The number of halogens is 2. The Morgan fingerprint density at radius 1 is 0.882 bits per heavy atom. The van der Waals surface area contributed by atoms with Crippen molar-refractivity contribution in [3.05, 3.63) is 12.2 Å². The fraction of sp³-hybridized carbons (Fsp3) is 0.846. The van der Waals surface area contributed by atoms with Crippen LogP contribution in [0.4, 0.5) is 0 Å². The highest BCUT2D eigenvalue weighted by Crippen LogP contribution is 2.61. The Kier molecular flexibility index (Phi) is 2.57. The summed E-state index contributed by atoms with van der Waals surface area (Å²) in [5.74, 6) is 2.87. The molecule has 1 aliphatic heterocycles. The highest BCUT2D eigenvalue weighted by molar-refractivity contribution is 9.10. The van der Waals surface area contributed by atoms with E-state index in [-0.39, 0.29) is 0 Å². The molecule has 3 saturated carbocycles. The number of allylic oxidation sites excluding steroid dienone is 2. The summed E-state index contributed by atoms with van der Waals surface area (Å²) in [6, 6.07) is 0. The minimum atomic E-state index is -0.420. The van der Waals surface area contributed by atoms with Crippen molar-refractivity contribution in [2.45, 2.75) is 28.3 Å². The molecule has 0 aromatic heterocycles. The smallest absolute Gasteiger partial charge is 0.193 e. The van der Waals surface area contributed by atoms with Gasteiger partial charge in [0.2, 0.25) is 0 Å². The molecule has 1 saturated heterocycles. The van der Waals surface area contributed by atoms with Gasteiger partial charge < -0.3 is 9.47 Å². The molecule has 5 aliphatic carbocycles. The number of fused-ring (bicyclic) bond motifs is 2. The summed E-state index contributed by atoms with van der Waals surface area (Å²) in [6.07, 6.45) is 7.21. The lowest BCUT2D eigenvalue weighted by Crippen LogP contribution is -2.56. The highest BCUT2D eigenvalue weighted by atomic mass is 79.9. The number of ether oxygens (including phenoxy) is 2. The largest absolute Gasteiger partial charge is 0.345 e. The zero-order valence-corrected chi connectivity index (χ0v) is 12.7. The van der Waals surface area contributed by atoms with E-state index in [2.05, 4.69) is 44.0 Å². The van der Waals surface area contributed by atoms with Crippen LogP contribution in [0.3, 0.4) is 0 Å². The molecule has 0 aromatic rings. The van der Waals surface area contributed by atoms with Crippen LogP contribution in [0.15, 0.2) is 12.2 Å². The van der Waals surface area contributed by atoms with Crippen LogP contribution in [0.1, 0.15) is 12.8 Å².